The molecule has 7 nitrogen and oxygen atoms in total. The Kier molecular flexibility index (Phi) is 5.68. The number of hydrogen-bond donors (Lipinski definition) is 1. The zero-order chi connectivity index (χ0) is 22.6. The Labute approximate surface area is 191 Å². The molecule has 0 aliphatic rings. The number of imidazole rings is 1. The van der Waals surface area contributed by atoms with Crippen LogP contribution in [-0.4, -0.2) is 30.9 Å². The summed E-state index contributed by atoms with van der Waals surface area (Å²) in [7, 11) is 0. The molecule has 0 saturated carbocycles. The van der Waals surface area contributed by atoms with Gasteiger partial charge in [-0.25, -0.2) is 4.98 Å². The van der Waals surface area contributed by atoms with Gasteiger partial charge in [0, 0.05) is 30.6 Å². The average molecular weight is 438 g/mol. The predicted octanol–water partition coefficient (Wildman–Crippen LogP) is 5.41. The highest BCUT2D eigenvalue weighted by Gasteiger charge is 2.29. The van der Waals surface area contributed by atoms with Gasteiger partial charge in [0.2, 0.25) is 0 Å². The van der Waals surface area contributed by atoms with Crippen molar-refractivity contribution in [2.45, 2.75) is 25.9 Å². The smallest absolute Gasteiger partial charge is 0.276 e. The monoisotopic (exact) mass is 437 g/mol. The number of aromatic nitrogens is 4. The van der Waals surface area contributed by atoms with Crippen LogP contribution >= 0.6 is 0 Å². The first-order valence-corrected chi connectivity index (χ1v) is 10.9. The minimum atomic E-state index is -0.276. The van der Waals surface area contributed by atoms with E-state index in [0.29, 0.717) is 18.7 Å². The molecule has 0 saturated heterocycles. The molecular weight excluding hydrogens is 414 g/mol. The summed E-state index contributed by atoms with van der Waals surface area (Å²) in [4.78, 5) is 27.9. The lowest BCUT2D eigenvalue weighted by Crippen LogP contribution is -2.35. The number of carbonyl (C=O) groups excluding carboxylic acids is 1. The van der Waals surface area contributed by atoms with Crippen molar-refractivity contribution >= 4 is 16.9 Å². The number of fused-ring (bicyclic) bond motifs is 1. The van der Waals surface area contributed by atoms with Gasteiger partial charge in [-0.05, 0) is 30.2 Å². The summed E-state index contributed by atoms with van der Waals surface area (Å²) < 4.78 is 5.51. The van der Waals surface area contributed by atoms with Crippen molar-refractivity contribution in [3.05, 3.63) is 102 Å². The van der Waals surface area contributed by atoms with Crippen LogP contribution < -0.4 is 0 Å². The Balaban J connectivity index is 1.52. The molecule has 164 valence electrons. The summed E-state index contributed by atoms with van der Waals surface area (Å²) in [6.07, 6.45) is 4.16. The van der Waals surface area contributed by atoms with E-state index < -0.39 is 0 Å². The minimum absolute atomic E-state index is 0.225. The Morgan fingerprint density at radius 3 is 2.64 bits per heavy atom. The SMILES string of the molecule is CCC(c1nc2ccccc2[nH]1)N(Cc1cccnc1)C(=O)c1cc(-c2ccccc2)on1. The quantitative estimate of drug-likeness (QED) is 0.368. The molecule has 5 rings (SSSR count). The molecule has 2 aromatic carbocycles. The highest BCUT2D eigenvalue weighted by molar-refractivity contribution is 5.93. The summed E-state index contributed by atoms with van der Waals surface area (Å²) in [5.74, 6) is 1.07. The fourth-order valence-electron chi connectivity index (χ4n) is 3.97. The van der Waals surface area contributed by atoms with Crippen LogP contribution in [0.5, 0.6) is 0 Å². The van der Waals surface area contributed by atoms with Crippen LogP contribution in [-0.2, 0) is 6.54 Å². The van der Waals surface area contributed by atoms with E-state index in [4.69, 9.17) is 9.51 Å². The molecule has 7 heteroatoms. The molecule has 1 atom stereocenters. The van der Waals surface area contributed by atoms with Crippen molar-refractivity contribution in [3.63, 3.8) is 0 Å². The van der Waals surface area contributed by atoms with Gasteiger partial charge in [0.05, 0.1) is 17.1 Å². The number of amides is 1. The lowest BCUT2D eigenvalue weighted by molar-refractivity contribution is 0.0633. The second-order valence-corrected chi connectivity index (χ2v) is 7.80. The third kappa shape index (κ3) is 4.25. The molecule has 0 spiro atoms. The van der Waals surface area contributed by atoms with Crippen LogP contribution in [0.1, 0.15) is 41.3 Å². The highest BCUT2D eigenvalue weighted by Crippen LogP contribution is 2.29. The molecule has 1 N–H and O–H groups in total. The molecule has 0 aliphatic heterocycles. The van der Waals surface area contributed by atoms with Gasteiger partial charge in [-0.2, -0.15) is 0 Å². The highest BCUT2D eigenvalue weighted by atomic mass is 16.5. The number of benzene rings is 2. The van der Waals surface area contributed by atoms with E-state index in [0.717, 1.165) is 28.0 Å². The fourth-order valence-corrected chi connectivity index (χ4v) is 3.97. The summed E-state index contributed by atoms with van der Waals surface area (Å²) in [6, 6.07) is 22.7. The topological polar surface area (TPSA) is 87.9 Å². The third-order valence-electron chi connectivity index (χ3n) is 5.61. The molecule has 3 aromatic heterocycles. The molecular formula is C26H23N5O2. The number of hydrogen-bond acceptors (Lipinski definition) is 5. The zero-order valence-electron chi connectivity index (χ0n) is 18.2. The Morgan fingerprint density at radius 2 is 1.88 bits per heavy atom. The number of rotatable bonds is 7. The molecule has 1 amide bonds. The molecule has 5 aromatic rings. The van der Waals surface area contributed by atoms with E-state index in [2.05, 4.69) is 15.1 Å². The van der Waals surface area contributed by atoms with E-state index in [1.165, 1.54) is 0 Å². The van der Waals surface area contributed by atoms with Gasteiger partial charge in [0.15, 0.2) is 11.5 Å². The van der Waals surface area contributed by atoms with Gasteiger partial charge in [0.1, 0.15) is 5.82 Å². The number of aromatic amines is 1. The van der Waals surface area contributed by atoms with E-state index >= 15 is 0 Å². The van der Waals surface area contributed by atoms with Crippen LogP contribution in [0.3, 0.4) is 0 Å². The minimum Gasteiger partial charge on any atom is -0.355 e. The second kappa shape index (κ2) is 9.08. The van der Waals surface area contributed by atoms with E-state index in [1.54, 1.807) is 23.4 Å². The second-order valence-electron chi connectivity index (χ2n) is 7.80. The van der Waals surface area contributed by atoms with E-state index in [9.17, 15) is 4.79 Å². The van der Waals surface area contributed by atoms with Gasteiger partial charge in [-0.3, -0.25) is 9.78 Å². The van der Waals surface area contributed by atoms with Crippen LogP contribution in [0.2, 0.25) is 0 Å². The van der Waals surface area contributed by atoms with E-state index in [-0.39, 0.29) is 17.6 Å². The number of nitrogens with one attached hydrogen (secondary N) is 1. The number of H-pyrrole nitrogens is 1. The summed E-state index contributed by atoms with van der Waals surface area (Å²) in [5.41, 5.74) is 3.85. The third-order valence-corrected chi connectivity index (χ3v) is 5.61. The predicted molar refractivity (Wildman–Crippen MR) is 125 cm³/mol. The molecule has 0 fully saturated rings. The molecule has 0 radical (unpaired) electrons. The van der Waals surface area contributed by atoms with Crippen molar-refractivity contribution < 1.29 is 9.32 Å². The summed E-state index contributed by atoms with van der Waals surface area (Å²) >= 11 is 0. The molecule has 3 heterocycles. The zero-order valence-corrected chi connectivity index (χ0v) is 18.2. The van der Waals surface area contributed by atoms with Gasteiger partial charge in [-0.1, -0.05) is 60.6 Å². The number of pyridine rings is 1. The van der Waals surface area contributed by atoms with Gasteiger partial charge >= 0.3 is 0 Å². The van der Waals surface area contributed by atoms with Crippen LogP contribution in [0.4, 0.5) is 0 Å². The van der Waals surface area contributed by atoms with Gasteiger partial charge < -0.3 is 14.4 Å². The maximum Gasteiger partial charge on any atom is 0.276 e. The Bertz CT molecular complexity index is 1330. The van der Waals surface area contributed by atoms with E-state index in [1.807, 2.05) is 73.7 Å². The van der Waals surface area contributed by atoms with Crippen LogP contribution in [0.15, 0.2) is 89.7 Å². The normalized spacial score (nSPS) is 12.0. The first-order chi connectivity index (χ1) is 16.2. The van der Waals surface area contributed by atoms with Crippen molar-refractivity contribution in [2.75, 3.05) is 0 Å². The summed E-state index contributed by atoms with van der Waals surface area (Å²) in [5, 5.41) is 4.10. The molecule has 33 heavy (non-hydrogen) atoms. The first-order valence-electron chi connectivity index (χ1n) is 10.9. The van der Waals surface area contributed by atoms with Crippen molar-refractivity contribution in [1.82, 2.24) is 25.0 Å². The maximum atomic E-state index is 13.7. The van der Waals surface area contributed by atoms with Crippen LogP contribution in [0, 0.1) is 0 Å². The lowest BCUT2D eigenvalue weighted by atomic mass is 10.1. The number of carbonyl (C=O) groups is 1. The number of para-hydroxylation sites is 2. The Hall–Kier alpha value is -4.26. The Morgan fingerprint density at radius 1 is 1.06 bits per heavy atom. The number of nitrogens with zero attached hydrogens (tertiary/aromatic N) is 4. The molecule has 0 aliphatic carbocycles. The van der Waals surface area contributed by atoms with Crippen molar-refractivity contribution in [1.29, 1.82) is 0 Å². The maximum absolute atomic E-state index is 13.7. The van der Waals surface area contributed by atoms with Gasteiger partial charge in [-0.15, -0.1) is 0 Å². The van der Waals surface area contributed by atoms with Crippen molar-refractivity contribution in [3.8, 4) is 11.3 Å². The fraction of sp³-hybridized carbons (Fsp3) is 0.154. The lowest BCUT2D eigenvalue weighted by Gasteiger charge is -2.29. The molecule has 1 unspecified atom stereocenters. The average Bonchev–Trinajstić information content (AvgIpc) is 3.52. The van der Waals surface area contributed by atoms with Gasteiger partial charge in [0.25, 0.3) is 5.91 Å². The molecule has 0 bridgehead atoms. The van der Waals surface area contributed by atoms with Crippen molar-refractivity contribution in [2.24, 2.45) is 0 Å². The largest absolute Gasteiger partial charge is 0.355 e. The standard InChI is InChI=1S/C26H23N5O2/c1-2-23(25-28-20-12-6-7-13-21(20)29-25)31(17-18-9-8-14-27-16-18)26(32)22-15-24(33-30-22)19-10-4-3-5-11-19/h3-16,23H,2,17H2,1H3,(H,28,29). The summed E-state index contributed by atoms with van der Waals surface area (Å²) in [6.45, 7) is 2.41. The first kappa shape index (κ1) is 20.6. The van der Waals surface area contributed by atoms with Crippen LogP contribution in [0.25, 0.3) is 22.4 Å².